The van der Waals surface area contributed by atoms with Gasteiger partial charge in [0.1, 0.15) is 4.90 Å². The summed E-state index contributed by atoms with van der Waals surface area (Å²) in [6.45, 7) is 2.78. The summed E-state index contributed by atoms with van der Waals surface area (Å²) < 4.78 is 27.4. The van der Waals surface area contributed by atoms with Crippen LogP contribution in [-0.2, 0) is 10.0 Å². The van der Waals surface area contributed by atoms with Crippen molar-refractivity contribution in [3.8, 4) is 5.88 Å². The average molecular weight is 272 g/mol. The molecule has 0 amide bonds. The van der Waals surface area contributed by atoms with Crippen LogP contribution in [0.15, 0.2) is 23.2 Å². The summed E-state index contributed by atoms with van der Waals surface area (Å²) in [4.78, 5) is 3.90. The number of primary sulfonamides is 1. The Morgan fingerprint density at radius 2 is 1.94 bits per heavy atom. The average Bonchev–Trinajstić information content (AvgIpc) is 2.33. The zero-order valence-corrected chi connectivity index (χ0v) is 11.4. The number of sulfonamides is 1. The van der Waals surface area contributed by atoms with Crippen LogP contribution in [0, 0.1) is 0 Å². The third-order valence-corrected chi connectivity index (χ3v) is 3.43. The quantitative estimate of drug-likeness (QED) is 0.734. The Morgan fingerprint density at radius 1 is 1.22 bits per heavy atom. The maximum Gasteiger partial charge on any atom is 0.239 e. The number of unbranched alkanes of at least 4 members (excludes halogenated alkanes) is 4. The van der Waals surface area contributed by atoms with Gasteiger partial charge in [0, 0.05) is 6.07 Å². The molecule has 0 aliphatic heterocycles. The molecule has 18 heavy (non-hydrogen) atoms. The molecular weight excluding hydrogens is 252 g/mol. The van der Waals surface area contributed by atoms with Gasteiger partial charge in [-0.3, -0.25) is 0 Å². The molecule has 6 heteroatoms. The minimum Gasteiger partial charge on any atom is -0.478 e. The molecule has 102 valence electrons. The molecule has 0 radical (unpaired) electrons. The van der Waals surface area contributed by atoms with Crippen molar-refractivity contribution in [2.45, 2.75) is 43.9 Å². The molecule has 1 aromatic heterocycles. The van der Waals surface area contributed by atoms with E-state index in [0.717, 1.165) is 12.8 Å². The number of hydrogen-bond acceptors (Lipinski definition) is 4. The number of rotatable bonds is 8. The molecule has 1 rings (SSSR count). The van der Waals surface area contributed by atoms with Crippen LogP contribution in [0.3, 0.4) is 0 Å². The van der Waals surface area contributed by atoms with E-state index < -0.39 is 10.0 Å². The van der Waals surface area contributed by atoms with Crippen molar-refractivity contribution in [2.75, 3.05) is 6.61 Å². The van der Waals surface area contributed by atoms with Gasteiger partial charge >= 0.3 is 0 Å². The summed E-state index contributed by atoms with van der Waals surface area (Å²) in [5, 5.41) is 4.97. The van der Waals surface area contributed by atoms with E-state index in [9.17, 15) is 8.42 Å². The van der Waals surface area contributed by atoms with Crippen molar-refractivity contribution in [1.29, 1.82) is 0 Å². The second kappa shape index (κ2) is 7.33. The van der Waals surface area contributed by atoms with Crippen molar-refractivity contribution in [1.82, 2.24) is 4.98 Å². The van der Waals surface area contributed by atoms with Gasteiger partial charge in [-0.2, -0.15) is 0 Å². The minimum atomic E-state index is -3.67. The lowest BCUT2D eigenvalue weighted by Gasteiger charge is -2.05. The second-order valence-electron chi connectivity index (χ2n) is 4.14. The Labute approximate surface area is 108 Å². The molecule has 0 atom stereocenters. The van der Waals surface area contributed by atoms with Gasteiger partial charge in [0.25, 0.3) is 0 Å². The molecule has 0 aliphatic rings. The fourth-order valence-electron chi connectivity index (χ4n) is 1.50. The molecule has 0 fully saturated rings. The first-order valence-corrected chi connectivity index (χ1v) is 7.70. The summed E-state index contributed by atoms with van der Waals surface area (Å²) >= 11 is 0. The standard InChI is InChI=1S/C12H20N2O3S/c1-2-3-4-5-6-9-17-12-8-7-11(10-14-12)18(13,15)16/h7-8,10H,2-6,9H2,1H3,(H2,13,15,16). The van der Waals surface area contributed by atoms with Crippen molar-refractivity contribution in [2.24, 2.45) is 5.14 Å². The van der Waals surface area contributed by atoms with Gasteiger partial charge in [0.2, 0.25) is 15.9 Å². The lowest BCUT2D eigenvalue weighted by molar-refractivity contribution is 0.293. The molecule has 0 bridgehead atoms. The summed E-state index contributed by atoms with van der Waals surface area (Å²) in [6, 6.07) is 2.92. The Kier molecular flexibility index (Phi) is 6.07. The van der Waals surface area contributed by atoms with Crippen LogP contribution in [0.5, 0.6) is 5.88 Å². The Bertz CT molecular complexity index is 443. The van der Waals surface area contributed by atoms with Gasteiger partial charge in [-0.05, 0) is 12.5 Å². The van der Waals surface area contributed by atoms with E-state index in [-0.39, 0.29) is 4.90 Å². The van der Waals surface area contributed by atoms with Crippen molar-refractivity contribution in [3.63, 3.8) is 0 Å². The first-order chi connectivity index (χ1) is 8.54. The zero-order chi connectivity index (χ0) is 13.4. The van der Waals surface area contributed by atoms with E-state index in [2.05, 4.69) is 11.9 Å². The number of nitrogens with two attached hydrogens (primary N) is 1. The molecule has 0 saturated carbocycles. The first-order valence-electron chi connectivity index (χ1n) is 6.15. The number of hydrogen-bond donors (Lipinski definition) is 1. The SMILES string of the molecule is CCCCCCCOc1ccc(S(N)(=O)=O)cn1. The van der Waals surface area contributed by atoms with E-state index in [1.165, 1.54) is 37.6 Å². The van der Waals surface area contributed by atoms with Gasteiger partial charge in [0.15, 0.2) is 0 Å². The number of aromatic nitrogens is 1. The molecule has 0 aliphatic carbocycles. The van der Waals surface area contributed by atoms with Crippen LogP contribution < -0.4 is 9.88 Å². The highest BCUT2D eigenvalue weighted by Gasteiger charge is 2.07. The molecule has 0 spiro atoms. The monoisotopic (exact) mass is 272 g/mol. The lowest BCUT2D eigenvalue weighted by Crippen LogP contribution is -2.12. The summed E-state index contributed by atoms with van der Waals surface area (Å²) in [6.07, 6.45) is 7.03. The highest BCUT2D eigenvalue weighted by Crippen LogP contribution is 2.11. The fraction of sp³-hybridized carbons (Fsp3) is 0.583. The van der Waals surface area contributed by atoms with Crippen molar-refractivity contribution < 1.29 is 13.2 Å². The van der Waals surface area contributed by atoms with Crippen LogP contribution in [0.25, 0.3) is 0 Å². The normalized spacial score (nSPS) is 11.4. The molecule has 0 saturated heterocycles. The van der Waals surface area contributed by atoms with Gasteiger partial charge in [-0.1, -0.05) is 32.6 Å². The van der Waals surface area contributed by atoms with E-state index in [0.29, 0.717) is 12.5 Å². The molecule has 2 N–H and O–H groups in total. The molecule has 0 aromatic carbocycles. The first kappa shape index (κ1) is 14.9. The predicted octanol–water partition coefficient (Wildman–Crippen LogP) is 2.08. The van der Waals surface area contributed by atoms with E-state index in [4.69, 9.17) is 9.88 Å². The molecule has 1 heterocycles. The smallest absolute Gasteiger partial charge is 0.239 e. The molecule has 1 aromatic rings. The van der Waals surface area contributed by atoms with Gasteiger partial charge in [-0.15, -0.1) is 0 Å². The molecule has 5 nitrogen and oxygen atoms in total. The van der Waals surface area contributed by atoms with E-state index in [1.807, 2.05) is 0 Å². The third-order valence-electron chi connectivity index (χ3n) is 2.54. The van der Waals surface area contributed by atoms with Gasteiger partial charge in [0.05, 0.1) is 12.8 Å². The fourth-order valence-corrected chi connectivity index (χ4v) is 1.96. The highest BCUT2D eigenvalue weighted by molar-refractivity contribution is 7.89. The van der Waals surface area contributed by atoms with Gasteiger partial charge < -0.3 is 4.74 Å². The minimum absolute atomic E-state index is 0.00204. The topological polar surface area (TPSA) is 82.3 Å². The summed E-state index contributed by atoms with van der Waals surface area (Å²) in [7, 11) is -3.67. The van der Waals surface area contributed by atoms with Crippen LogP contribution >= 0.6 is 0 Å². The maximum atomic E-state index is 11.0. The summed E-state index contributed by atoms with van der Waals surface area (Å²) in [5.74, 6) is 0.429. The van der Waals surface area contributed by atoms with Crippen molar-refractivity contribution >= 4 is 10.0 Å². The summed E-state index contributed by atoms with van der Waals surface area (Å²) in [5.41, 5.74) is 0. The number of pyridine rings is 1. The number of ether oxygens (including phenoxy) is 1. The molecule has 0 unspecified atom stereocenters. The molecular formula is C12H20N2O3S. The van der Waals surface area contributed by atoms with Crippen LogP contribution in [0.1, 0.15) is 39.0 Å². The largest absolute Gasteiger partial charge is 0.478 e. The van der Waals surface area contributed by atoms with Crippen LogP contribution in [0.2, 0.25) is 0 Å². The Hall–Kier alpha value is -1.14. The Morgan fingerprint density at radius 3 is 2.50 bits per heavy atom. The third kappa shape index (κ3) is 5.46. The zero-order valence-electron chi connectivity index (χ0n) is 10.6. The highest BCUT2D eigenvalue weighted by atomic mass is 32.2. The Balaban J connectivity index is 2.32. The maximum absolute atomic E-state index is 11.0. The number of nitrogens with zero attached hydrogens (tertiary/aromatic N) is 1. The van der Waals surface area contributed by atoms with Crippen molar-refractivity contribution in [3.05, 3.63) is 18.3 Å². The lowest BCUT2D eigenvalue weighted by atomic mass is 10.2. The van der Waals surface area contributed by atoms with E-state index >= 15 is 0 Å². The van der Waals surface area contributed by atoms with Crippen LogP contribution in [-0.4, -0.2) is 20.0 Å². The predicted molar refractivity (Wildman–Crippen MR) is 69.9 cm³/mol. The van der Waals surface area contributed by atoms with Gasteiger partial charge in [-0.25, -0.2) is 18.5 Å². The van der Waals surface area contributed by atoms with Crippen LogP contribution in [0.4, 0.5) is 0 Å². The second-order valence-corrected chi connectivity index (χ2v) is 5.70. The van der Waals surface area contributed by atoms with E-state index in [1.54, 1.807) is 0 Å².